The summed E-state index contributed by atoms with van der Waals surface area (Å²) in [7, 11) is 0. The molecule has 4 nitrogen and oxygen atoms in total. The molecule has 0 aromatic heterocycles. The van der Waals surface area contributed by atoms with Crippen LogP contribution in [0.25, 0.3) is 0 Å². The highest BCUT2D eigenvalue weighted by molar-refractivity contribution is 5.88. The van der Waals surface area contributed by atoms with E-state index in [9.17, 15) is 15.0 Å². The molecule has 4 heteroatoms. The van der Waals surface area contributed by atoms with Crippen molar-refractivity contribution in [1.29, 1.82) is 0 Å². The molecule has 1 atom stereocenters. The fraction of sp³-hybridized carbons (Fsp3) is 0.500. The third-order valence-corrected chi connectivity index (χ3v) is 9.92. The van der Waals surface area contributed by atoms with Crippen LogP contribution in [0.3, 0.4) is 0 Å². The number of carbonyl (C=O) groups is 1. The van der Waals surface area contributed by atoms with Crippen LogP contribution in [-0.2, 0) is 33.5 Å². The van der Waals surface area contributed by atoms with Gasteiger partial charge in [0, 0.05) is 5.56 Å². The standard InChI is InChI=1S/C38H48O4/c1-34(2,3)29-17-23(18-30(32(29)39)35(4,5)6)21-38(22-42-31-19-24(33(40)41)11-13-27(31)38)25-12-14-26-28(20-25)37(9,10)16-15-36(26,7)8/h11-14,17-20,39H,15-16,21-22H2,1-10H3,(H,40,41). The van der Waals surface area contributed by atoms with E-state index in [2.05, 4.69) is 99.6 Å². The van der Waals surface area contributed by atoms with Crippen LogP contribution in [0.15, 0.2) is 48.5 Å². The Morgan fingerprint density at radius 1 is 0.786 bits per heavy atom. The summed E-state index contributed by atoms with van der Waals surface area (Å²) in [5, 5.41) is 21.1. The fourth-order valence-electron chi connectivity index (χ4n) is 7.11. The van der Waals surface area contributed by atoms with Crippen molar-refractivity contribution in [3.8, 4) is 11.5 Å². The van der Waals surface area contributed by atoms with Gasteiger partial charge in [-0.05, 0) is 86.4 Å². The molecule has 0 amide bonds. The van der Waals surface area contributed by atoms with Crippen molar-refractivity contribution in [3.63, 3.8) is 0 Å². The number of aromatic hydroxyl groups is 1. The third-order valence-electron chi connectivity index (χ3n) is 9.92. The molecule has 0 fully saturated rings. The second-order valence-electron chi connectivity index (χ2n) is 16.1. The van der Waals surface area contributed by atoms with Gasteiger partial charge in [-0.25, -0.2) is 4.79 Å². The predicted octanol–water partition coefficient (Wildman–Crippen LogP) is 8.96. The normalized spacial score (nSPS) is 20.9. The SMILES string of the molecule is CC(C)(C)c1cc(CC2(c3ccc4c(c3)C(C)(C)CCC4(C)C)COc3cc(C(=O)O)ccc32)cc(C(C)(C)C)c1O. The van der Waals surface area contributed by atoms with Crippen molar-refractivity contribution in [2.45, 2.75) is 116 Å². The molecule has 2 aliphatic rings. The van der Waals surface area contributed by atoms with Crippen LogP contribution in [0.5, 0.6) is 11.5 Å². The maximum Gasteiger partial charge on any atom is 0.335 e. The lowest BCUT2D eigenvalue weighted by Crippen LogP contribution is -2.37. The number of hydrogen-bond acceptors (Lipinski definition) is 3. The summed E-state index contributed by atoms with van der Waals surface area (Å²) in [5.74, 6) is 0.0534. The second-order valence-corrected chi connectivity index (χ2v) is 16.1. The summed E-state index contributed by atoms with van der Waals surface area (Å²) in [6.45, 7) is 22.7. The summed E-state index contributed by atoms with van der Waals surface area (Å²) in [6.07, 6.45) is 2.95. The van der Waals surface area contributed by atoms with Crippen LogP contribution >= 0.6 is 0 Å². The molecule has 42 heavy (non-hydrogen) atoms. The summed E-state index contributed by atoms with van der Waals surface area (Å²) in [5.41, 5.74) is 7.42. The fourth-order valence-corrected chi connectivity index (χ4v) is 7.11. The molecule has 2 N–H and O–H groups in total. The smallest absolute Gasteiger partial charge is 0.335 e. The van der Waals surface area contributed by atoms with Gasteiger partial charge >= 0.3 is 5.97 Å². The lowest BCUT2D eigenvalue weighted by atomic mass is 9.61. The van der Waals surface area contributed by atoms with Gasteiger partial charge in [0.25, 0.3) is 0 Å². The van der Waals surface area contributed by atoms with E-state index >= 15 is 0 Å². The summed E-state index contributed by atoms with van der Waals surface area (Å²) < 4.78 is 6.37. The molecule has 3 aromatic carbocycles. The summed E-state index contributed by atoms with van der Waals surface area (Å²) >= 11 is 0. The second kappa shape index (κ2) is 9.62. The van der Waals surface area contributed by atoms with Crippen molar-refractivity contribution in [3.05, 3.63) is 93.0 Å². The number of benzene rings is 3. The first kappa shape index (κ1) is 30.2. The van der Waals surface area contributed by atoms with E-state index in [0.717, 1.165) is 35.1 Å². The highest BCUT2D eigenvalue weighted by Crippen LogP contribution is 2.51. The average molecular weight is 569 g/mol. The number of hydrogen-bond donors (Lipinski definition) is 2. The van der Waals surface area contributed by atoms with Crippen molar-refractivity contribution in [2.24, 2.45) is 0 Å². The zero-order valence-electron chi connectivity index (χ0n) is 27.2. The van der Waals surface area contributed by atoms with Gasteiger partial charge in [-0.15, -0.1) is 0 Å². The van der Waals surface area contributed by atoms with E-state index in [1.54, 1.807) is 12.1 Å². The van der Waals surface area contributed by atoms with Crippen molar-refractivity contribution in [1.82, 2.24) is 0 Å². The van der Waals surface area contributed by atoms with E-state index < -0.39 is 11.4 Å². The molecule has 5 rings (SSSR count). The first-order chi connectivity index (χ1) is 19.3. The van der Waals surface area contributed by atoms with Gasteiger partial charge in [-0.2, -0.15) is 0 Å². The van der Waals surface area contributed by atoms with Gasteiger partial charge < -0.3 is 14.9 Å². The minimum atomic E-state index is -0.958. The maximum atomic E-state index is 11.8. The number of carboxylic acid groups (broad SMARTS) is 1. The van der Waals surface area contributed by atoms with Crippen LogP contribution in [-0.4, -0.2) is 22.8 Å². The van der Waals surface area contributed by atoms with E-state index in [-0.39, 0.29) is 27.2 Å². The molecule has 0 radical (unpaired) electrons. The molecule has 0 bridgehead atoms. The minimum Gasteiger partial charge on any atom is -0.507 e. The first-order valence-electron chi connectivity index (χ1n) is 15.3. The average Bonchev–Trinajstić information content (AvgIpc) is 3.25. The molecular weight excluding hydrogens is 520 g/mol. The topological polar surface area (TPSA) is 66.8 Å². The Morgan fingerprint density at radius 2 is 1.33 bits per heavy atom. The lowest BCUT2D eigenvalue weighted by Gasteiger charge is -2.43. The molecule has 0 spiro atoms. The van der Waals surface area contributed by atoms with E-state index in [4.69, 9.17) is 4.74 Å². The lowest BCUT2D eigenvalue weighted by molar-refractivity contribution is 0.0696. The van der Waals surface area contributed by atoms with Gasteiger partial charge in [0.05, 0.1) is 11.0 Å². The van der Waals surface area contributed by atoms with Gasteiger partial charge in [-0.1, -0.05) is 106 Å². The molecular formula is C38H48O4. The molecule has 0 saturated carbocycles. The van der Waals surface area contributed by atoms with Crippen LogP contribution in [0.4, 0.5) is 0 Å². The zero-order valence-corrected chi connectivity index (χ0v) is 27.2. The van der Waals surface area contributed by atoms with Crippen molar-refractivity contribution in [2.75, 3.05) is 6.61 Å². The van der Waals surface area contributed by atoms with Gasteiger partial charge in [0.15, 0.2) is 0 Å². The van der Waals surface area contributed by atoms with Gasteiger partial charge in [-0.3, -0.25) is 0 Å². The molecule has 224 valence electrons. The number of fused-ring (bicyclic) bond motifs is 2. The Hall–Kier alpha value is -3.27. The van der Waals surface area contributed by atoms with Crippen LogP contribution < -0.4 is 4.74 Å². The molecule has 1 aliphatic carbocycles. The van der Waals surface area contributed by atoms with Crippen molar-refractivity contribution >= 4 is 5.97 Å². The largest absolute Gasteiger partial charge is 0.507 e. The Labute approximate surface area is 252 Å². The number of carboxylic acids is 1. The van der Waals surface area contributed by atoms with Crippen molar-refractivity contribution < 1.29 is 19.7 Å². The Bertz CT molecular complexity index is 1530. The van der Waals surface area contributed by atoms with E-state index in [1.165, 1.54) is 16.7 Å². The van der Waals surface area contributed by atoms with Crippen LogP contribution in [0.1, 0.15) is 131 Å². The Morgan fingerprint density at radius 3 is 1.88 bits per heavy atom. The van der Waals surface area contributed by atoms with E-state index in [0.29, 0.717) is 24.5 Å². The van der Waals surface area contributed by atoms with Crippen LogP contribution in [0.2, 0.25) is 0 Å². The molecule has 0 saturated heterocycles. The van der Waals surface area contributed by atoms with Gasteiger partial charge in [0.1, 0.15) is 18.1 Å². The first-order valence-corrected chi connectivity index (χ1v) is 15.3. The number of phenols is 1. The summed E-state index contributed by atoms with van der Waals surface area (Å²) in [6, 6.07) is 16.7. The highest BCUT2D eigenvalue weighted by Gasteiger charge is 2.45. The molecule has 1 heterocycles. The minimum absolute atomic E-state index is 0.0505. The highest BCUT2D eigenvalue weighted by atomic mass is 16.5. The molecule has 1 aliphatic heterocycles. The maximum absolute atomic E-state index is 11.8. The molecule has 3 aromatic rings. The number of phenolic OH excluding ortho intramolecular Hbond substituents is 1. The quantitative estimate of drug-likeness (QED) is 0.330. The molecule has 1 unspecified atom stereocenters. The third kappa shape index (κ3) is 5.01. The number of ether oxygens (including phenoxy) is 1. The Balaban J connectivity index is 1.77. The van der Waals surface area contributed by atoms with Crippen LogP contribution in [0, 0.1) is 0 Å². The predicted molar refractivity (Wildman–Crippen MR) is 171 cm³/mol. The monoisotopic (exact) mass is 568 g/mol. The Kier molecular flexibility index (Phi) is 6.92. The number of aromatic carboxylic acids is 1. The number of rotatable bonds is 4. The summed E-state index contributed by atoms with van der Waals surface area (Å²) in [4.78, 5) is 11.8. The zero-order chi connectivity index (χ0) is 31.0. The van der Waals surface area contributed by atoms with Gasteiger partial charge in [0.2, 0.25) is 0 Å². The van der Waals surface area contributed by atoms with E-state index in [1.807, 2.05) is 6.07 Å².